The summed E-state index contributed by atoms with van der Waals surface area (Å²) in [6.07, 6.45) is 8.69. The number of benzene rings is 6. The molecule has 4 aliphatic rings. The van der Waals surface area contributed by atoms with Crippen LogP contribution in [0, 0.1) is 0 Å². The molecule has 404 valence electrons. The van der Waals surface area contributed by atoms with Crippen LogP contribution in [-0.2, 0) is 38.8 Å². The summed E-state index contributed by atoms with van der Waals surface area (Å²) in [5.74, 6) is -1.17. The Hall–Kier alpha value is -6.74. The van der Waals surface area contributed by atoms with Crippen LogP contribution in [0.3, 0.4) is 0 Å². The van der Waals surface area contributed by atoms with Gasteiger partial charge in [0.15, 0.2) is 0 Å². The zero-order valence-corrected chi connectivity index (χ0v) is 45.6. The summed E-state index contributed by atoms with van der Waals surface area (Å²) in [6, 6.07) is 42.7. The molecule has 6 aromatic rings. The van der Waals surface area contributed by atoms with Crippen molar-refractivity contribution in [3.8, 4) is 0 Å². The number of nitrogens with zero attached hydrogens (tertiary/aromatic N) is 2. The van der Waals surface area contributed by atoms with E-state index in [0.717, 1.165) is 79.6 Å². The van der Waals surface area contributed by atoms with Crippen LogP contribution in [0.5, 0.6) is 0 Å². The Labute approximate surface area is 463 Å². The second-order valence-corrected chi connectivity index (χ2v) is 20.8. The second-order valence-electron chi connectivity index (χ2n) is 20.0. The van der Waals surface area contributed by atoms with Gasteiger partial charge in [-0.3, -0.25) is 14.6 Å². The highest BCUT2D eigenvalue weighted by atomic mass is 35.5. The number of hydrogen-bond donors (Lipinski definition) is 7. The molecule has 13 nitrogen and oxygen atoms in total. The van der Waals surface area contributed by atoms with Gasteiger partial charge in [0.2, 0.25) is 0 Å². The van der Waals surface area contributed by atoms with Crippen LogP contribution in [0.2, 0.25) is 10.0 Å². The molecule has 8 N–H and O–H groups in total. The van der Waals surface area contributed by atoms with Crippen molar-refractivity contribution in [1.82, 2.24) is 36.4 Å². The Balaban J connectivity index is 0.000000178. The number of likely N-dealkylation sites (tertiary alicyclic amines) is 2. The lowest BCUT2D eigenvalue weighted by atomic mass is 9.95. The van der Waals surface area contributed by atoms with Crippen molar-refractivity contribution in [2.75, 3.05) is 39.3 Å². The molecule has 0 saturated carbocycles. The fourth-order valence-corrected chi connectivity index (χ4v) is 11.7. The standard InChI is InChI=1S/C31H35ClN4O2.C24H21ClN2O3.C7H16N2/c1-2-36-17-7-10-25(36)20-33-30(37)23-15-16-24(28(32)18-23)19-34-31(38)35-29-26-11-5-3-8-21(26)13-14-22-9-4-6-12-27(22)29;25-21-13-17(23(28)29)11-12-18(21)14-26-24(30)27-22-19-7-3-1-5-15(19)9-10-16-6-2-4-8-20(16)22;1-2-9-5-3-4-7(9)6-8/h3-6,8-9,11-12,15-16,18,25,29H,2,7,10,13-14,17,19-20H2,1H3,(H,33,37)(H2,34,35,38);1-8,11-13,22H,9-10,14H2,(H,28,29)(H2,26,27,30);7H,2-6,8H2,1H3/t;;7-/m..0/s1. The number of carbonyl (C=O) groups is 4. The number of nitrogens with two attached hydrogens (primary N) is 1. The van der Waals surface area contributed by atoms with Crippen LogP contribution >= 0.6 is 23.2 Å². The highest BCUT2D eigenvalue weighted by Gasteiger charge is 2.28. The zero-order chi connectivity index (χ0) is 54.3. The first kappa shape index (κ1) is 56.5. The number of aromatic carboxylic acids is 1. The van der Waals surface area contributed by atoms with Gasteiger partial charge in [-0.05, 0) is 157 Å². The summed E-state index contributed by atoms with van der Waals surface area (Å²) in [7, 11) is 0. The minimum absolute atomic E-state index is 0.111. The maximum absolute atomic E-state index is 13.0. The summed E-state index contributed by atoms with van der Waals surface area (Å²) in [5.41, 5.74) is 17.0. The number of carbonyl (C=O) groups excluding carboxylic acids is 3. The van der Waals surface area contributed by atoms with Crippen LogP contribution in [0.25, 0.3) is 0 Å². The van der Waals surface area contributed by atoms with Crippen molar-refractivity contribution in [2.24, 2.45) is 5.73 Å². The molecule has 2 aliphatic carbocycles. The smallest absolute Gasteiger partial charge is 0.335 e. The molecule has 77 heavy (non-hydrogen) atoms. The number of aryl methyl sites for hydroxylation is 4. The number of rotatable bonds is 13. The van der Waals surface area contributed by atoms with Gasteiger partial charge in [-0.25, -0.2) is 14.4 Å². The first-order valence-corrected chi connectivity index (χ1v) is 27.9. The summed E-state index contributed by atoms with van der Waals surface area (Å²) in [5, 5.41) is 24.9. The van der Waals surface area contributed by atoms with Gasteiger partial charge in [0, 0.05) is 53.9 Å². The molecule has 1 unspecified atom stereocenters. The highest BCUT2D eigenvalue weighted by Crippen LogP contribution is 2.34. The maximum Gasteiger partial charge on any atom is 0.335 e. The van der Waals surface area contributed by atoms with Crippen LogP contribution in [-0.4, -0.2) is 90.2 Å². The molecule has 0 bridgehead atoms. The molecule has 2 atom stereocenters. The van der Waals surface area contributed by atoms with Crippen LogP contribution < -0.4 is 32.3 Å². The van der Waals surface area contributed by atoms with Crippen molar-refractivity contribution in [3.05, 3.63) is 210 Å². The number of urea groups is 2. The molecule has 0 aromatic heterocycles. The molecular weight excluding hydrogens is 1010 g/mol. The van der Waals surface area contributed by atoms with Crippen molar-refractivity contribution in [3.63, 3.8) is 0 Å². The number of amides is 5. The van der Waals surface area contributed by atoms with E-state index >= 15 is 0 Å². The van der Waals surface area contributed by atoms with E-state index in [-0.39, 0.29) is 48.7 Å². The summed E-state index contributed by atoms with van der Waals surface area (Å²) in [4.78, 5) is 54.4. The van der Waals surface area contributed by atoms with E-state index in [0.29, 0.717) is 39.8 Å². The van der Waals surface area contributed by atoms with Crippen molar-refractivity contribution >= 4 is 47.1 Å². The molecular formula is C62H72Cl2N8O5. The summed E-state index contributed by atoms with van der Waals surface area (Å²) >= 11 is 12.7. The largest absolute Gasteiger partial charge is 0.478 e. The third-order valence-electron chi connectivity index (χ3n) is 15.4. The molecule has 5 amide bonds. The second kappa shape index (κ2) is 27.5. The number of carboxylic acids is 1. The fourth-order valence-electron chi connectivity index (χ4n) is 11.2. The summed E-state index contributed by atoms with van der Waals surface area (Å²) in [6.45, 7) is 10.8. The molecule has 2 saturated heterocycles. The van der Waals surface area contributed by atoms with Crippen molar-refractivity contribution in [1.29, 1.82) is 0 Å². The number of likely N-dealkylation sites (N-methyl/N-ethyl adjacent to an activating group) is 2. The van der Waals surface area contributed by atoms with Crippen molar-refractivity contribution in [2.45, 2.75) is 102 Å². The molecule has 2 heterocycles. The molecule has 2 aliphatic heterocycles. The average molecular weight is 1080 g/mol. The van der Waals surface area contributed by atoms with Gasteiger partial charge in [0.25, 0.3) is 5.91 Å². The monoisotopic (exact) mass is 1080 g/mol. The SMILES string of the molecule is CCN1CCCC1CNC(=O)c1ccc(CNC(=O)NC2c3ccccc3CCc3ccccc32)c(Cl)c1.CCN1CCC[C@H]1CN.O=C(NCc1ccc(C(=O)O)cc1Cl)NC1c2ccccc2CCc2ccccc21. The topological polar surface area (TPSA) is 181 Å². The first-order valence-electron chi connectivity index (χ1n) is 27.1. The minimum Gasteiger partial charge on any atom is -0.478 e. The minimum atomic E-state index is -1.04. The van der Waals surface area contributed by atoms with Crippen LogP contribution in [0.15, 0.2) is 133 Å². The summed E-state index contributed by atoms with van der Waals surface area (Å²) < 4.78 is 0. The fraction of sp³-hybridized carbons (Fsp3) is 0.355. The predicted molar refractivity (Wildman–Crippen MR) is 307 cm³/mol. The quantitative estimate of drug-likeness (QED) is 0.0597. The van der Waals surface area contributed by atoms with E-state index in [2.05, 4.69) is 98.8 Å². The van der Waals surface area contributed by atoms with Crippen LogP contribution in [0.1, 0.15) is 128 Å². The number of nitrogens with one attached hydrogen (secondary N) is 5. The lowest BCUT2D eigenvalue weighted by molar-refractivity contribution is 0.0696. The van der Waals surface area contributed by atoms with Gasteiger partial charge in [-0.2, -0.15) is 0 Å². The molecule has 15 heteroatoms. The highest BCUT2D eigenvalue weighted by molar-refractivity contribution is 6.32. The van der Waals surface area contributed by atoms with Gasteiger partial charge >= 0.3 is 18.0 Å². The maximum atomic E-state index is 13.0. The zero-order valence-electron chi connectivity index (χ0n) is 44.1. The van der Waals surface area contributed by atoms with Gasteiger partial charge < -0.3 is 37.4 Å². The number of hydrogen-bond acceptors (Lipinski definition) is 7. The lowest BCUT2D eigenvalue weighted by Crippen LogP contribution is -2.40. The van der Waals surface area contributed by atoms with Gasteiger partial charge in [-0.1, -0.05) is 146 Å². The molecule has 0 radical (unpaired) electrons. The molecule has 2 fully saturated rings. The average Bonchev–Trinajstić information content (AvgIpc) is 4.07. The van der Waals surface area contributed by atoms with Gasteiger partial charge in [0.1, 0.15) is 0 Å². The van der Waals surface area contributed by atoms with Crippen LogP contribution in [0.4, 0.5) is 9.59 Å². The third kappa shape index (κ3) is 14.6. The van der Waals surface area contributed by atoms with E-state index < -0.39 is 5.97 Å². The first-order chi connectivity index (χ1) is 37.4. The van der Waals surface area contributed by atoms with E-state index in [4.69, 9.17) is 34.0 Å². The molecule has 6 aromatic carbocycles. The Morgan fingerprint density at radius 2 is 0.935 bits per heavy atom. The number of fused-ring (bicyclic) bond motifs is 4. The molecule has 10 rings (SSSR count). The number of carboxylic acid groups (broad SMARTS) is 1. The van der Waals surface area contributed by atoms with E-state index in [1.807, 2.05) is 54.6 Å². The number of halogens is 2. The normalized spacial score (nSPS) is 17.0. The predicted octanol–water partition coefficient (Wildman–Crippen LogP) is 10.4. The van der Waals surface area contributed by atoms with Gasteiger partial charge in [0.05, 0.1) is 17.6 Å². The van der Waals surface area contributed by atoms with E-state index in [1.54, 1.807) is 18.2 Å². The lowest BCUT2D eigenvalue weighted by Gasteiger charge is -2.23. The Morgan fingerprint density at radius 3 is 1.32 bits per heavy atom. The third-order valence-corrected chi connectivity index (χ3v) is 16.1. The molecule has 0 spiro atoms. The van der Waals surface area contributed by atoms with Gasteiger partial charge in [-0.15, -0.1) is 0 Å². The Morgan fingerprint density at radius 1 is 0.545 bits per heavy atom. The van der Waals surface area contributed by atoms with Crippen molar-refractivity contribution < 1.29 is 24.3 Å². The Kier molecular flexibility index (Phi) is 20.2. The Bertz CT molecular complexity index is 2900. The van der Waals surface area contributed by atoms with E-state index in [9.17, 15) is 19.2 Å². The van der Waals surface area contributed by atoms with E-state index in [1.165, 1.54) is 66.7 Å².